The number of hydrogen-bond donors (Lipinski definition) is 1. The highest BCUT2D eigenvalue weighted by molar-refractivity contribution is 5.48. The lowest BCUT2D eigenvalue weighted by molar-refractivity contribution is 0.329. The first-order chi connectivity index (χ1) is 8.17. The van der Waals surface area contributed by atoms with Gasteiger partial charge in [-0.05, 0) is 51.0 Å². The summed E-state index contributed by atoms with van der Waals surface area (Å²) >= 11 is 0. The van der Waals surface area contributed by atoms with Crippen LogP contribution in [0.1, 0.15) is 25.3 Å². The predicted octanol–water partition coefficient (Wildman–Crippen LogP) is 2.55. The zero-order valence-corrected chi connectivity index (χ0v) is 11.2. The molecule has 0 unspecified atom stereocenters. The number of rotatable bonds is 7. The van der Waals surface area contributed by atoms with Gasteiger partial charge in [0.15, 0.2) is 0 Å². The van der Waals surface area contributed by atoms with E-state index in [0.29, 0.717) is 0 Å². The van der Waals surface area contributed by atoms with Gasteiger partial charge >= 0.3 is 0 Å². The van der Waals surface area contributed by atoms with Gasteiger partial charge in [-0.1, -0.05) is 13.0 Å². The summed E-state index contributed by atoms with van der Waals surface area (Å²) in [5.41, 5.74) is 7.73. The van der Waals surface area contributed by atoms with E-state index in [-0.39, 0.29) is 0 Å². The monoisotopic (exact) mass is 236 g/mol. The van der Waals surface area contributed by atoms with Crippen LogP contribution in [0, 0.1) is 0 Å². The molecular weight excluding hydrogens is 212 g/mol. The third-order valence-electron chi connectivity index (χ3n) is 2.90. The Bertz CT molecular complexity index is 339. The van der Waals surface area contributed by atoms with Crippen molar-refractivity contribution in [2.24, 2.45) is 0 Å². The summed E-state index contributed by atoms with van der Waals surface area (Å²) < 4.78 is 5.34. The van der Waals surface area contributed by atoms with Crippen LogP contribution < -0.4 is 10.5 Å². The second-order valence-corrected chi connectivity index (χ2v) is 4.48. The first-order valence-electron chi connectivity index (χ1n) is 6.28. The topological polar surface area (TPSA) is 38.5 Å². The van der Waals surface area contributed by atoms with Crippen molar-refractivity contribution in [3.05, 3.63) is 23.8 Å². The fourth-order valence-electron chi connectivity index (χ4n) is 2.00. The number of benzene rings is 1. The molecule has 3 nitrogen and oxygen atoms in total. The van der Waals surface area contributed by atoms with Gasteiger partial charge in [-0.2, -0.15) is 0 Å². The normalized spacial score (nSPS) is 10.8. The summed E-state index contributed by atoms with van der Waals surface area (Å²) in [5, 5.41) is 0. The second kappa shape index (κ2) is 7.17. The maximum atomic E-state index is 5.73. The Balaban J connectivity index is 2.46. The second-order valence-electron chi connectivity index (χ2n) is 4.48. The molecule has 0 fully saturated rings. The van der Waals surface area contributed by atoms with Crippen molar-refractivity contribution in [2.75, 3.05) is 33.0 Å². The number of ether oxygens (including phenoxy) is 1. The van der Waals surface area contributed by atoms with E-state index >= 15 is 0 Å². The largest absolute Gasteiger partial charge is 0.496 e. The maximum Gasteiger partial charge on any atom is 0.124 e. The molecule has 96 valence electrons. The lowest BCUT2D eigenvalue weighted by Gasteiger charge is -2.15. The van der Waals surface area contributed by atoms with E-state index in [2.05, 4.69) is 24.9 Å². The third-order valence-corrected chi connectivity index (χ3v) is 2.90. The molecule has 0 heterocycles. The summed E-state index contributed by atoms with van der Waals surface area (Å²) in [4.78, 5) is 2.36. The van der Waals surface area contributed by atoms with E-state index < -0.39 is 0 Å². The summed E-state index contributed by atoms with van der Waals surface area (Å²) in [6, 6.07) is 5.90. The Kier molecular flexibility index (Phi) is 5.84. The highest BCUT2D eigenvalue weighted by Crippen LogP contribution is 2.22. The average Bonchev–Trinajstić information content (AvgIpc) is 2.31. The first kappa shape index (κ1) is 13.8. The molecule has 0 aliphatic rings. The molecular formula is C14H24N2O. The molecule has 0 saturated heterocycles. The number of anilines is 1. The number of aryl methyl sites for hydroxylation is 1. The van der Waals surface area contributed by atoms with Crippen LogP contribution in [-0.4, -0.2) is 32.1 Å². The van der Waals surface area contributed by atoms with Gasteiger partial charge in [-0.15, -0.1) is 0 Å². The molecule has 3 heteroatoms. The molecule has 0 aliphatic carbocycles. The zero-order chi connectivity index (χ0) is 12.7. The van der Waals surface area contributed by atoms with Gasteiger partial charge in [-0.25, -0.2) is 0 Å². The van der Waals surface area contributed by atoms with Gasteiger partial charge in [0.05, 0.1) is 7.11 Å². The van der Waals surface area contributed by atoms with Crippen molar-refractivity contribution in [3.63, 3.8) is 0 Å². The van der Waals surface area contributed by atoms with Crippen LogP contribution >= 0.6 is 0 Å². The molecule has 0 aromatic heterocycles. The van der Waals surface area contributed by atoms with Crippen LogP contribution in [0.15, 0.2) is 18.2 Å². The molecule has 0 spiro atoms. The van der Waals surface area contributed by atoms with Crippen LogP contribution in [0.2, 0.25) is 0 Å². The number of nitrogens with two attached hydrogens (primary N) is 1. The molecule has 1 rings (SSSR count). The van der Waals surface area contributed by atoms with Crippen molar-refractivity contribution in [1.29, 1.82) is 0 Å². The molecule has 0 radical (unpaired) electrons. The highest BCUT2D eigenvalue weighted by atomic mass is 16.5. The Morgan fingerprint density at radius 2 is 2.06 bits per heavy atom. The number of hydrogen-bond acceptors (Lipinski definition) is 3. The lowest BCUT2D eigenvalue weighted by Crippen LogP contribution is -2.20. The molecule has 0 bridgehead atoms. The Labute approximate surface area is 105 Å². The van der Waals surface area contributed by atoms with E-state index in [1.54, 1.807) is 7.11 Å². The van der Waals surface area contributed by atoms with Gasteiger partial charge in [-0.3, -0.25) is 0 Å². The fraction of sp³-hybridized carbons (Fsp3) is 0.571. The van der Waals surface area contributed by atoms with Crippen LogP contribution in [0.3, 0.4) is 0 Å². The molecule has 1 aromatic rings. The van der Waals surface area contributed by atoms with Crippen molar-refractivity contribution >= 4 is 5.69 Å². The van der Waals surface area contributed by atoms with Gasteiger partial charge in [0, 0.05) is 11.8 Å². The summed E-state index contributed by atoms with van der Waals surface area (Å²) in [6.45, 7) is 4.50. The minimum Gasteiger partial charge on any atom is -0.496 e. The van der Waals surface area contributed by atoms with Crippen molar-refractivity contribution < 1.29 is 4.74 Å². The van der Waals surface area contributed by atoms with E-state index in [1.807, 2.05) is 12.1 Å². The summed E-state index contributed by atoms with van der Waals surface area (Å²) in [6.07, 6.45) is 3.40. The molecule has 0 atom stereocenters. The SMILES string of the molecule is CCCN(C)CCCc1ccc(N)cc1OC. The highest BCUT2D eigenvalue weighted by Gasteiger charge is 2.04. The molecule has 0 saturated carbocycles. The minimum absolute atomic E-state index is 0.758. The van der Waals surface area contributed by atoms with Gasteiger partial charge in [0.1, 0.15) is 5.75 Å². The molecule has 0 aliphatic heterocycles. The van der Waals surface area contributed by atoms with Crippen molar-refractivity contribution in [3.8, 4) is 5.75 Å². The minimum atomic E-state index is 0.758. The van der Waals surface area contributed by atoms with E-state index in [1.165, 1.54) is 18.5 Å². The third kappa shape index (κ3) is 4.65. The zero-order valence-electron chi connectivity index (χ0n) is 11.2. The maximum absolute atomic E-state index is 5.73. The molecule has 0 amide bonds. The predicted molar refractivity (Wildman–Crippen MR) is 73.5 cm³/mol. The van der Waals surface area contributed by atoms with Crippen LogP contribution in [0.25, 0.3) is 0 Å². The number of nitrogens with zero attached hydrogens (tertiary/aromatic N) is 1. The summed E-state index contributed by atoms with van der Waals surface area (Å²) in [7, 11) is 3.87. The quantitative estimate of drug-likeness (QED) is 0.739. The number of methoxy groups -OCH3 is 1. The van der Waals surface area contributed by atoms with Gasteiger partial charge < -0.3 is 15.4 Å². The van der Waals surface area contributed by atoms with Crippen molar-refractivity contribution in [1.82, 2.24) is 4.90 Å². The Morgan fingerprint density at radius 1 is 1.29 bits per heavy atom. The van der Waals surface area contributed by atoms with E-state index in [0.717, 1.165) is 30.8 Å². The van der Waals surface area contributed by atoms with E-state index in [4.69, 9.17) is 10.5 Å². The van der Waals surface area contributed by atoms with Crippen LogP contribution in [-0.2, 0) is 6.42 Å². The standard InChI is InChI=1S/C14H24N2O/c1-4-9-16(2)10-5-6-12-7-8-13(15)11-14(12)17-3/h7-8,11H,4-6,9-10,15H2,1-3H3. The van der Waals surface area contributed by atoms with Crippen molar-refractivity contribution in [2.45, 2.75) is 26.2 Å². The molecule has 17 heavy (non-hydrogen) atoms. The smallest absolute Gasteiger partial charge is 0.124 e. The van der Waals surface area contributed by atoms with Crippen LogP contribution in [0.4, 0.5) is 5.69 Å². The van der Waals surface area contributed by atoms with Crippen LogP contribution in [0.5, 0.6) is 5.75 Å². The first-order valence-corrected chi connectivity index (χ1v) is 6.28. The lowest BCUT2D eigenvalue weighted by atomic mass is 10.1. The van der Waals surface area contributed by atoms with E-state index in [9.17, 15) is 0 Å². The average molecular weight is 236 g/mol. The summed E-state index contributed by atoms with van der Waals surface area (Å²) in [5.74, 6) is 0.906. The van der Waals surface area contributed by atoms with Gasteiger partial charge in [0.2, 0.25) is 0 Å². The fourth-order valence-corrected chi connectivity index (χ4v) is 2.00. The number of nitrogen functional groups attached to an aromatic ring is 1. The molecule has 2 N–H and O–H groups in total. The Morgan fingerprint density at radius 3 is 2.71 bits per heavy atom. The Hall–Kier alpha value is -1.22. The molecule has 1 aromatic carbocycles. The van der Waals surface area contributed by atoms with Gasteiger partial charge in [0.25, 0.3) is 0 Å².